The first-order chi connectivity index (χ1) is 13.0. The van der Waals surface area contributed by atoms with Crippen molar-refractivity contribution in [1.29, 1.82) is 0 Å². The van der Waals surface area contributed by atoms with Gasteiger partial charge in [-0.1, -0.05) is 42.3 Å². The maximum Gasteiger partial charge on any atom is 0.275 e. The molecule has 1 unspecified atom stereocenters. The van der Waals surface area contributed by atoms with E-state index in [1.165, 1.54) is 21.9 Å². The number of fused-ring (bicyclic) bond motifs is 1. The average Bonchev–Trinajstić information content (AvgIpc) is 3.20. The molecule has 1 amide bonds. The van der Waals surface area contributed by atoms with Gasteiger partial charge in [0.15, 0.2) is 0 Å². The van der Waals surface area contributed by atoms with Gasteiger partial charge < -0.3 is 10.2 Å². The summed E-state index contributed by atoms with van der Waals surface area (Å²) in [5.41, 5.74) is 1.34. The Labute approximate surface area is 164 Å². The third-order valence-electron chi connectivity index (χ3n) is 4.43. The molecule has 1 atom stereocenters. The lowest BCUT2D eigenvalue weighted by atomic mass is 10.2. The number of aryl methyl sites for hydroxylation is 1. The highest BCUT2D eigenvalue weighted by Crippen LogP contribution is 2.27. The van der Waals surface area contributed by atoms with Crippen LogP contribution < -0.4 is 15.8 Å². The standard InChI is InChI=1S/C18H18ClN5O2S/c1-2-4-12-10-15(25)24-18(20-12)27-17(22-24)21-14-7-8-23(16(14)26)13-6-3-5-11(19)9-13/h3,5-6,9-10,14H,2,4,7-8H2,1H3,(H,21,22). The van der Waals surface area contributed by atoms with Crippen LogP contribution in [0.2, 0.25) is 5.02 Å². The number of halogens is 1. The molecule has 1 saturated heterocycles. The van der Waals surface area contributed by atoms with Crippen LogP contribution in [0.25, 0.3) is 4.96 Å². The van der Waals surface area contributed by atoms with Crippen LogP contribution in [0.15, 0.2) is 35.1 Å². The van der Waals surface area contributed by atoms with Gasteiger partial charge in [0.25, 0.3) is 5.56 Å². The monoisotopic (exact) mass is 403 g/mol. The molecule has 4 rings (SSSR count). The lowest BCUT2D eigenvalue weighted by Gasteiger charge is -2.17. The molecule has 1 fully saturated rings. The van der Waals surface area contributed by atoms with Crippen LogP contribution in [-0.2, 0) is 11.2 Å². The highest BCUT2D eigenvalue weighted by Gasteiger charge is 2.33. The van der Waals surface area contributed by atoms with Crippen molar-refractivity contribution in [3.05, 3.63) is 51.4 Å². The molecule has 0 saturated carbocycles. The van der Waals surface area contributed by atoms with Crippen LogP contribution in [0.3, 0.4) is 0 Å². The SMILES string of the molecule is CCCc1cc(=O)n2nc(NC3CCN(c4cccc(Cl)c4)C3=O)sc2n1. The molecule has 1 aromatic carbocycles. The minimum Gasteiger partial charge on any atom is -0.348 e. The normalized spacial score (nSPS) is 17.0. The minimum absolute atomic E-state index is 0.0384. The van der Waals surface area contributed by atoms with Crippen molar-refractivity contribution in [2.75, 3.05) is 16.8 Å². The fourth-order valence-electron chi connectivity index (χ4n) is 3.16. The summed E-state index contributed by atoms with van der Waals surface area (Å²) in [4.78, 5) is 31.7. The number of hydrogen-bond donors (Lipinski definition) is 1. The van der Waals surface area contributed by atoms with E-state index in [4.69, 9.17) is 11.6 Å². The van der Waals surface area contributed by atoms with Crippen molar-refractivity contribution in [1.82, 2.24) is 14.6 Å². The molecule has 0 aliphatic carbocycles. The van der Waals surface area contributed by atoms with Crippen LogP contribution >= 0.6 is 22.9 Å². The molecule has 1 aliphatic rings. The lowest BCUT2D eigenvalue weighted by Crippen LogP contribution is -2.33. The molecule has 3 aromatic rings. The Kier molecular flexibility index (Phi) is 4.84. The lowest BCUT2D eigenvalue weighted by molar-refractivity contribution is -0.117. The highest BCUT2D eigenvalue weighted by molar-refractivity contribution is 7.20. The average molecular weight is 404 g/mol. The molecular formula is C18H18ClN5O2S. The van der Waals surface area contributed by atoms with Crippen LogP contribution in [0, 0.1) is 0 Å². The van der Waals surface area contributed by atoms with Crippen molar-refractivity contribution in [3.63, 3.8) is 0 Å². The van der Waals surface area contributed by atoms with Crippen molar-refractivity contribution >= 4 is 44.6 Å². The van der Waals surface area contributed by atoms with Gasteiger partial charge in [-0.3, -0.25) is 9.59 Å². The van der Waals surface area contributed by atoms with E-state index in [0.717, 1.165) is 24.2 Å². The second-order valence-electron chi connectivity index (χ2n) is 6.39. The molecule has 3 heterocycles. The number of carbonyl (C=O) groups excluding carboxylic acids is 1. The van der Waals surface area contributed by atoms with Gasteiger partial charge in [0.05, 0.1) is 0 Å². The quantitative estimate of drug-likeness (QED) is 0.708. The number of hydrogen-bond acceptors (Lipinski definition) is 6. The van der Waals surface area contributed by atoms with Crippen molar-refractivity contribution < 1.29 is 4.79 Å². The maximum atomic E-state index is 12.8. The predicted molar refractivity (Wildman–Crippen MR) is 107 cm³/mol. The summed E-state index contributed by atoms with van der Waals surface area (Å²) in [7, 11) is 0. The number of anilines is 2. The van der Waals surface area contributed by atoms with Gasteiger partial charge in [-0.15, -0.1) is 5.10 Å². The van der Waals surface area contributed by atoms with Gasteiger partial charge in [0.1, 0.15) is 6.04 Å². The molecule has 0 bridgehead atoms. The van der Waals surface area contributed by atoms with E-state index in [1.807, 2.05) is 19.1 Å². The van der Waals surface area contributed by atoms with E-state index in [0.29, 0.717) is 28.1 Å². The van der Waals surface area contributed by atoms with Crippen molar-refractivity contribution in [2.45, 2.75) is 32.2 Å². The summed E-state index contributed by atoms with van der Waals surface area (Å²) in [6, 6.07) is 8.36. The zero-order valence-corrected chi connectivity index (χ0v) is 16.3. The van der Waals surface area contributed by atoms with Gasteiger partial charge in [-0.05, 0) is 31.0 Å². The number of benzene rings is 1. The molecule has 7 nitrogen and oxygen atoms in total. The van der Waals surface area contributed by atoms with Gasteiger partial charge in [-0.2, -0.15) is 4.52 Å². The molecule has 1 N–H and O–H groups in total. The first-order valence-electron chi connectivity index (χ1n) is 8.78. The first-order valence-corrected chi connectivity index (χ1v) is 9.98. The third-order valence-corrected chi connectivity index (χ3v) is 5.50. The Balaban J connectivity index is 1.55. The van der Waals surface area contributed by atoms with Gasteiger partial charge in [-0.25, -0.2) is 4.98 Å². The van der Waals surface area contributed by atoms with E-state index in [2.05, 4.69) is 15.4 Å². The van der Waals surface area contributed by atoms with Gasteiger partial charge in [0, 0.05) is 29.0 Å². The van der Waals surface area contributed by atoms with Gasteiger partial charge >= 0.3 is 0 Å². The van der Waals surface area contributed by atoms with Crippen LogP contribution in [0.5, 0.6) is 0 Å². The second-order valence-corrected chi connectivity index (χ2v) is 7.79. The smallest absolute Gasteiger partial charge is 0.275 e. The number of amides is 1. The number of nitrogens with zero attached hydrogens (tertiary/aromatic N) is 4. The Morgan fingerprint density at radius 3 is 2.96 bits per heavy atom. The topological polar surface area (TPSA) is 79.6 Å². The van der Waals surface area contributed by atoms with Crippen LogP contribution in [0.1, 0.15) is 25.5 Å². The summed E-state index contributed by atoms with van der Waals surface area (Å²) in [5.74, 6) is -0.0384. The summed E-state index contributed by atoms with van der Waals surface area (Å²) in [5, 5.41) is 8.54. The Hall–Kier alpha value is -2.45. The highest BCUT2D eigenvalue weighted by atomic mass is 35.5. The van der Waals surface area contributed by atoms with Crippen molar-refractivity contribution in [3.8, 4) is 0 Å². The molecule has 0 spiro atoms. The summed E-state index contributed by atoms with van der Waals surface area (Å²) in [6.45, 7) is 2.64. The Morgan fingerprint density at radius 1 is 1.33 bits per heavy atom. The van der Waals surface area contributed by atoms with E-state index < -0.39 is 6.04 Å². The van der Waals surface area contributed by atoms with Crippen molar-refractivity contribution in [2.24, 2.45) is 0 Å². The molecule has 27 heavy (non-hydrogen) atoms. The minimum atomic E-state index is -0.393. The molecule has 2 aromatic heterocycles. The molecular weight excluding hydrogens is 386 g/mol. The predicted octanol–water partition coefficient (Wildman–Crippen LogP) is 2.97. The van der Waals surface area contributed by atoms with E-state index in [9.17, 15) is 9.59 Å². The zero-order chi connectivity index (χ0) is 19.0. The van der Waals surface area contributed by atoms with E-state index >= 15 is 0 Å². The Morgan fingerprint density at radius 2 is 2.19 bits per heavy atom. The summed E-state index contributed by atoms with van der Waals surface area (Å²) in [6.07, 6.45) is 2.31. The zero-order valence-electron chi connectivity index (χ0n) is 14.7. The third kappa shape index (κ3) is 3.54. The second kappa shape index (κ2) is 7.28. The number of rotatable bonds is 5. The molecule has 140 valence electrons. The number of nitrogens with one attached hydrogen (secondary N) is 1. The van der Waals surface area contributed by atoms with Gasteiger partial charge in [0.2, 0.25) is 16.0 Å². The largest absolute Gasteiger partial charge is 0.348 e. The summed E-state index contributed by atoms with van der Waals surface area (Å²) >= 11 is 7.31. The maximum absolute atomic E-state index is 12.8. The number of carbonyl (C=O) groups is 1. The Bertz CT molecular complexity index is 1060. The van der Waals surface area contributed by atoms with E-state index in [-0.39, 0.29) is 11.5 Å². The van der Waals surface area contributed by atoms with Crippen LogP contribution in [-0.4, -0.2) is 33.1 Å². The first kappa shape index (κ1) is 17.9. The molecule has 9 heteroatoms. The fraction of sp³-hybridized carbons (Fsp3) is 0.333. The summed E-state index contributed by atoms with van der Waals surface area (Å²) < 4.78 is 1.28. The fourth-order valence-corrected chi connectivity index (χ4v) is 4.22. The molecule has 0 radical (unpaired) electrons. The molecule has 1 aliphatic heterocycles. The van der Waals surface area contributed by atoms with Crippen LogP contribution in [0.4, 0.5) is 10.8 Å². The van der Waals surface area contributed by atoms with E-state index in [1.54, 1.807) is 17.0 Å². The number of aromatic nitrogens is 3.